The summed E-state index contributed by atoms with van der Waals surface area (Å²) in [5.74, 6) is -1.49. The number of hydrogen-bond acceptors (Lipinski definition) is 2. The Morgan fingerprint density at radius 2 is 1.59 bits per heavy atom. The van der Waals surface area contributed by atoms with Gasteiger partial charge in [-0.1, -0.05) is 39.0 Å². The molecule has 0 saturated heterocycles. The Morgan fingerprint density at radius 1 is 1.06 bits per heavy atom. The van der Waals surface area contributed by atoms with Crippen molar-refractivity contribution in [3.05, 3.63) is 0 Å². The average molecular weight is 243 g/mol. The van der Waals surface area contributed by atoms with E-state index in [1.165, 1.54) is 39.5 Å². The summed E-state index contributed by atoms with van der Waals surface area (Å²) >= 11 is 0. The highest BCUT2D eigenvalue weighted by Gasteiger charge is 2.35. The Kier molecular flexibility index (Phi) is 7.59. The molecule has 0 rings (SSSR count). The van der Waals surface area contributed by atoms with Crippen molar-refractivity contribution in [2.45, 2.75) is 59.3 Å². The third-order valence-corrected chi connectivity index (χ3v) is 2.92. The Hall–Kier alpha value is -1.06. The highest BCUT2D eigenvalue weighted by molar-refractivity contribution is 6.00. The molecule has 0 saturated carbocycles. The van der Waals surface area contributed by atoms with E-state index >= 15 is 0 Å². The first-order valence-corrected chi connectivity index (χ1v) is 6.44. The summed E-state index contributed by atoms with van der Waals surface area (Å²) < 4.78 is 0. The smallest absolute Gasteiger partial charge is 0.318 e. The first kappa shape index (κ1) is 15.9. The first-order chi connectivity index (χ1) is 7.92. The third kappa shape index (κ3) is 6.29. The third-order valence-electron chi connectivity index (χ3n) is 2.92. The van der Waals surface area contributed by atoms with Gasteiger partial charge >= 0.3 is 5.97 Å². The highest BCUT2D eigenvalue weighted by atomic mass is 16.4. The molecule has 0 atom stereocenters. The number of carbonyl (C=O) groups excluding carboxylic acids is 1. The molecule has 4 heteroatoms. The number of carbonyl (C=O) groups is 2. The fourth-order valence-corrected chi connectivity index (χ4v) is 1.43. The lowest BCUT2D eigenvalue weighted by atomic mass is 9.92. The molecule has 0 heterocycles. The second-order valence-electron chi connectivity index (χ2n) is 4.95. The minimum atomic E-state index is -1.33. The van der Waals surface area contributed by atoms with E-state index in [1.807, 2.05) is 0 Å². The van der Waals surface area contributed by atoms with Gasteiger partial charge in [-0.05, 0) is 20.3 Å². The zero-order valence-corrected chi connectivity index (χ0v) is 11.2. The van der Waals surface area contributed by atoms with Crippen molar-refractivity contribution in [1.82, 2.24) is 5.32 Å². The molecule has 0 unspecified atom stereocenters. The maximum Gasteiger partial charge on any atom is 0.318 e. The van der Waals surface area contributed by atoms with Crippen LogP contribution in [0.5, 0.6) is 0 Å². The van der Waals surface area contributed by atoms with Gasteiger partial charge in [0.05, 0.1) is 0 Å². The molecule has 17 heavy (non-hydrogen) atoms. The van der Waals surface area contributed by atoms with Crippen molar-refractivity contribution in [3.8, 4) is 0 Å². The van der Waals surface area contributed by atoms with Gasteiger partial charge in [0.25, 0.3) is 0 Å². The lowest BCUT2D eigenvalue weighted by Crippen LogP contribution is -2.42. The number of hydrogen-bond donors (Lipinski definition) is 2. The van der Waals surface area contributed by atoms with E-state index in [2.05, 4.69) is 12.2 Å². The molecule has 4 nitrogen and oxygen atoms in total. The lowest BCUT2D eigenvalue weighted by molar-refractivity contribution is -0.153. The fourth-order valence-electron chi connectivity index (χ4n) is 1.43. The van der Waals surface area contributed by atoms with Crippen molar-refractivity contribution in [1.29, 1.82) is 0 Å². The largest absolute Gasteiger partial charge is 0.480 e. The van der Waals surface area contributed by atoms with Crippen LogP contribution in [0, 0.1) is 5.41 Å². The Morgan fingerprint density at radius 3 is 2.12 bits per heavy atom. The van der Waals surface area contributed by atoms with Gasteiger partial charge in [-0.15, -0.1) is 0 Å². The summed E-state index contributed by atoms with van der Waals surface area (Å²) in [6.45, 7) is 5.59. The van der Waals surface area contributed by atoms with E-state index in [0.717, 1.165) is 12.8 Å². The molecule has 0 aromatic heterocycles. The molecule has 0 radical (unpaired) electrons. The highest BCUT2D eigenvalue weighted by Crippen LogP contribution is 2.15. The molecule has 100 valence electrons. The van der Waals surface area contributed by atoms with Gasteiger partial charge in [0.1, 0.15) is 5.41 Å². The second-order valence-corrected chi connectivity index (χ2v) is 4.95. The van der Waals surface area contributed by atoms with Crippen LogP contribution in [0.25, 0.3) is 0 Å². The topological polar surface area (TPSA) is 66.4 Å². The Bertz CT molecular complexity index is 249. The number of carboxylic acids is 1. The number of nitrogens with one attached hydrogen (secondary N) is 1. The number of aliphatic carboxylic acids is 1. The van der Waals surface area contributed by atoms with Crippen LogP contribution >= 0.6 is 0 Å². The first-order valence-electron chi connectivity index (χ1n) is 6.44. The van der Waals surface area contributed by atoms with Crippen molar-refractivity contribution < 1.29 is 14.7 Å². The summed E-state index contributed by atoms with van der Waals surface area (Å²) in [5.41, 5.74) is -1.33. The van der Waals surface area contributed by atoms with E-state index < -0.39 is 17.3 Å². The van der Waals surface area contributed by atoms with E-state index in [0.29, 0.717) is 6.54 Å². The number of carboxylic acid groups (broad SMARTS) is 1. The summed E-state index contributed by atoms with van der Waals surface area (Å²) in [4.78, 5) is 22.4. The monoisotopic (exact) mass is 243 g/mol. The maximum atomic E-state index is 11.5. The van der Waals surface area contributed by atoms with Crippen LogP contribution < -0.4 is 5.32 Å². The van der Waals surface area contributed by atoms with Crippen molar-refractivity contribution in [2.75, 3.05) is 6.54 Å². The van der Waals surface area contributed by atoms with E-state index in [4.69, 9.17) is 5.11 Å². The molecular weight excluding hydrogens is 218 g/mol. The zero-order valence-electron chi connectivity index (χ0n) is 11.2. The Labute approximate surface area is 104 Å². The summed E-state index contributed by atoms with van der Waals surface area (Å²) in [6, 6.07) is 0. The number of amides is 1. The summed E-state index contributed by atoms with van der Waals surface area (Å²) in [6.07, 6.45) is 6.93. The van der Waals surface area contributed by atoms with Gasteiger partial charge in [-0.3, -0.25) is 9.59 Å². The van der Waals surface area contributed by atoms with Crippen LogP contribution in [0.15, 0.2) is 0 Å². The van der Waals surface area contributed by atoms with Crippen LogP contribution in [-0.4, -0.2) is 23.5 Å². The molecule has 0 aliphatic heterocycles. The molecule has 1 amide bonds. The van der Waals surface area contributed by atoms with Gasteiger partial charge in [0.2, 0.25) is 5.91 Å². The molecule has 0 aromatic rings. The van der Waals surface area contributed by atoms with Gasteiger partial charge in [0.15, 0.2) is 0 Å². The van der Waals surface area contributed by atoms with Crippen molar-refractivity contribution in [2.24, 2.45) is 5.41 Å². The molecular formula is C13H25NO3. The normalized spacial score (nSPS) is 11.2. The zero-order chi connectivity index (χ0) is 13.3. The molecule has 2 N–H and O–H groups in total. The average Bonchev–Trinajstić information content (AvgIpc) is 2.27. The number of rotatable bonds is 9. The van der Waals surface area contributed by atoms with Crippen LogP contribution in [-0.2, 0) is 9.59 Å². The molecule has 0 aliphatic carbocycles. The van der Waals surface area contributed by atoms with Crippen LogP contribution in [0.1, 0.15) is 59.3 Å². The van der Waals surface area contributed by atoms with Crippen molar-refractivity contribution >= 4 is 11.9 Å². The van der Waals surface area contributed by atoms with E-state index in [-0.39, 0.29) is 0 Å². The number of unbranched alkanes of at least 4 members (excludes halogenated alkanes) is 5. The van der Waals surface area contributed by atoms with Gasteiger partial charge < -0.3 is 10.4 Å². The molecule has 0 fully saturated rings. The quantitative estimate of drug-likeness (QED) is 0.483. The summed E-state index contributed by atoms with van der Waals surface area (Å²) in [7, 11) is 0. The van der Waals surface area contributed by atoms with E-state index in [1.54, 1.807) is 0 Å². The predicted molar refractivity (Wildman–Crippen MR) is 67.8 cm³/mol. The van der Waals surface area contributed by atoms with Crippen molar-refractivity contribution in [3.63, 3.8) is 0 Å². The van der Waals surface area contributed by atoms with Gasteiger partial charge in [0, 0.05) is 6.54 Å². The molecule has 0 aromatic carbocycles. The van der Waals surface area contributed by atoms with Crippen LogP contribution in [0.3, 0.4) is 0 Å². The SMILES string of the molecule is CCCCCCCCNC(=O)C(C)(C)C(=O)O. The molecule has 0 bridgehead atoms. The second kappa shape index (κ2) is 8.09. The Balaban J connectivity index is 3.62. The maximum absolute atomic E-state index is 11.5. The van der Waals surface area contributed by atoms with Crippen LogP contribution in [0.4, 0.5) is 0 Å². The minimum absolute atomic E-state index is 0.404. The van der Waals surface area contributed by atoms with Gasteiger partial charge in [-0.2, -0.15) is 0 Å². The summed E-state index contributed by atoms with van der Waals surface area (Å²) in [5, 5.41) is 11.5. The molecule has 0 spiro atoms. The predicted octanol–water partition coefficient (Wildman–Crippen LogP) is 2.57. The standard InChI is InChI=1S/C13H25NO3/c1-4-5-6-7-8-9-10-14-11(15)13(2,3)12(16)17/h4-10H2,1-3H3,(H,14,15)(H,16,17). The van der Waals surface area contributed by atoms with E-state index in [9.17, 15) is 9.59 Å². The van der Waals surface area contributed by atoms with Crippen LogP contribution in [0.2, 0.25) is 0 Å². The van der Waals surface area contributed by atoms with Gasteiger partial charge in [-0.25, -0.2) is 0 Å². The minimum Gasteiger partial charge on any atom is -0.480 e. The lowest BCUT2D eigenvalue weighted by Gasteiger charge is -2.18. The molecule has 0 aliphatic rings. The fraction of sp³-hybridized carbons (Fsp3) is 0.846.